The van der Waals surface area contributed by atoms with Crippen molar-refractivity contribution in [3.8, 4) is 0 Å². The summed E-state index contributed by atoms with van der Waals surface area (Å²) in [5.41, 5.74) is 4.83. The highest BCUT2D eigenvalue weighted by Crippen LogP contribution is 2.15. The van der Waals surface area contributed by atoms with Crippen molar-refractivity contribution in [1.82, 2.24) is 10.4 Å². The fourth-order valence-electron chi connectivity index (χ4n) is 1.60. The topological polar surface area (TPSA) is 54.4 Å². The fourth-order valence-corrected chi connectivity index (χ4v) is 2.01. The maximum absolute atomic E-state index is 11.8. The Morgan fingerprint density at radius 1 is 1.10 bits per heavy atom. The molecule has 2 rings (SSSR count). The second-order valence-electron chi connectivity index (χ2n) is 4.10. The average Bonchev–Trinajstić information content (AvgIpc) is 2.53. The lowest BCUT2D eigenvalue weighted by atomic mass is 10.1. The van der Waals surface area contributed by atoms with Gasteiger partial charge in [0.05, 0.1) is 5.71 Å². The van der Waals surface area contributed by atoms with Gasteiger partial charge in [-0.05, 0) is 43.0 Å². The third-order valence-electron chi connectivity index (χ3n) is 2.78. The fraction of sp³-hybridized carbons (Fsp3) is 0.133. The van der Waals surface area contributed by atoms with Gasteiger partial charge in [0.2, 0.25) is 0 Å². The van der Waals surface area contributed by atoms with E-state index in [-0.39, 0.29) is 5.91 Å². The second kappa shape index (κ2) is 6.86. The van der Waals surface area contributed by atoms with Crippen molar-refractivity contribution < 1.29 is 4.79 Å². The van der Waals surface area contributed by atoms with E-state index < -0.39 is 0 Å². The summed E-state index contributed by atoms with van der Waals surface area (Å²) in [5, 5.41) is 4.12. The van der Waals surface area contributed by atoms with Crippen molar-refractivity contribution in [3.05, 3.63) is 59.9 Å². The number of benzene rings is 1. The molecule has 0 aliphatic carbocycles. The first-order valence-electron chi connectivity index (χ1n) is 6.10. The molecule has 1 amide bonds. The van der Waals surface area contributed by atoms with Crippen LogP contribution in [-0.2, 0) is 0 Å². The lowest BCUT2D eigenvalue weighted by Crippen LogP contribution is -2.19. The number of rotatable bonds is 4. The van der Waals surface area contributed by atoms with Gasteiger partial charge in [-0.25, -0.2) is 5.43 Å². The molecule has 102 valence electrons. The maximum atomic E-state index is 11.8. The Hall–Kier alpha value is -2.14. The van der Waals surface area contributed by atoms with Gasteiger partial charge >= 0.3 is 0 Å². The van der Waals surface area contributed by atoms with Crippen molar-refractivity contribution in [2.24, 2.45) is 5.10 Å². The highest BCUT2D eigenvalue weighted by Gasteiger charge is 2.04. The number of carbonyl (C=O) groups excluding carboxylic acids is 1. The van der Waals surface area contributed by atoms with Crippen LogP contribution in [0.3, 0.4) is 0 Å². The molecule has 0 saturated carbocycles. The molecule has 0 fully saturated rings. The molecule has 0 bridgehead atoms. The molecule has 0 unspecified atom stereocenters. The average molecular weight is 285 g/mol. The van der Waals surface area contributed by atoms with E-state index in [2.05, 4.69) is 15.5 Å². The number of aromatic nitrogens is 1. The smallest absolute Gasteiger partial charge is 0.267 e. The predicted molar refractivity (Wildman–Crippen MR) is 82.1 cm³/mol. The van der Waals surface area contributed by atoms with Gasteiger partial charge in [-0.15, -0.1) is 11.8 Å². The minimum absolute atomic E-state index is 0.243. The zero-order valence-electron chi connectivity index (χ0n) is 11.3. The minimum atomic E-state index is -0.243. The summed E-state index contributed by atoms with van der Waals surface area (Å²) in [6.07, 6.45) is 5.18. The van der Waals surface area contributed by atoms with Crippen LogP contribution in [-0.4, -0.2) is 22.9 Å². The summed E-state index contributed by atoms with van der Waals surface area (Å²) in [6.45, 7) is 1.86. The molecule has 20 heavy (non-hydrogen) atoms. The van der Waals surface area contributed by atoms with E-state index in [9.17, 15) is 4.79 Å². The first kappa shape index (κ1) is 14.3. The first-order valence-corrected chi connectivity index (χ1v) is 7.32. The standard InChI is InChI=1S/C15H15N3OS/c1-11(12-3-5-14(20-2)6-4-12)17-18-15(19)13-7-9-16-10-8-13/h3-10H,1-2H3,(H,18,19). The van der Waals surface area contributed by atoms with Crippen molar-refractivity contribution in [2.75, 3.05) is 6.26 Å². The molecule has 2 aromatic rings. The third kappa shape index (κ3) is 3.68. The van der Waals surface area contributed by atoms with Gasteiger partial charge in [0, 0.05) is 22.9 Å². The van der Waals surface area contributed by atoms with E-state index >= 15 is 0 Å². The number of hydrazone groups is 1. The summed E-state index contributed by atoms with van der Waals surface area (Å²) in [4.78, 5) is 16.9. The van der Waals surface area contributed by atoms with E-state index in [1.165, 1.54) is 4.90 Å². The van der Waals surface area contributed by atoms with Crippen molar-refractivity contribution in [3.63, 3.8) is 0 Å². The Morgan fingerprint density at radius 2 is 1.75 bits per heavy atom. The largest absolute Gasteiger partial charge is 0.271 e. The molecule has 0 spiro atoms. The number of hydrogen-bond donors (Lipinski definition) is 1. The quantitative estimate of drug-likeness (QED) is 0.534. The normalized spacial score (nSPS) is 11.2. The molecule has 0 aliphatic heterocycles. The summed E-state index contributed by atoms with van der Waals surface area (Å²) >= 11 is 1.69. The number of pyridine rings is 1. The van der Waals surface area contributed by atoms with Crippen LogP contribution in [0.5, 0.6) is 0 Å². The van der Waals surface area contributed by atoms with Crippen molar-refractivity contribution in [2.45, 2.75) is 11.8 Å². The number of amides is 1. The Morgan fingerprint density at radius 3 is 2.35 bits per heavy atom. The Labute approximate surface area is 122 Å². The van der Waals surface area contributed by atoms with E-state index in [0.717, 1.165) is 11.3 Å². The van der Waals surface area contributed by atoms with Gasteiger partial charge < -0.3 is 0 Å². The van der Waals surface area contributed by atoms with E-state index in [4.69, 9.17) is 0 Å². The van der Waals surface area contributed by atoms with Crippen LogP contribution in [0, 0.1) is 0 Å². The number of carbonyl (C=O) groups is 1. The lowest BCUT2D eigenvalue weighted by molar-refractivity contribution is 0.0954. The van der Waals surface area contributed by atoms with Crippen LogP contribution in [0.15, 0.2) is 58.8 Å². The summed E-state index contributed by atoms with van der Waals surface area (Å²) in [6, 6.07) is 11.3. The van der Waals surface area contributed by atoms with Crippen LogP contribution in [0.4, 0.5) is 0 Å². The highest BCUT2D eigenvalue weighted by molar-refractivity contribution is 7.98. The number of thioether (sulfide) groups is 1. The van der Waals surface area contributed by atoms with Gasteiger partial charge in [-0.2, -0.15) is 5.10 Å². The van der Waals surface area contributed by atoms with Gasteiger partial charge in [0.1, 0.15) is 0 Å². The zero-order valence-corrected chi connectivity index (χ0v) is 12.1. The van der Waals surface area contributed by atoms with E-state index in [1.807, 2.05) is 37.4 Å². The lowest BCUT2D eigenvalue weighted by Gasteiger charge is -2.03. The molecule has 0 radical (unpaired) electrons. The maximum Gasteiger partial charge on any atom is 0.271 e. The monoisotopic (exact) mass is 285 g/mol. The molecule has 4 nitrogen and oxygen atoms in total. The molecular weight excluding hydrogens is 270 g/mol. The number of nitrogens with zero attached hydrogens (tertiary/aromatic N) is 2. The number of nitrogens with one attached hydrogen (secondary N) is 1. The van der Waals surface area contributed by atoms with Crippen LogP contribution in [0.25, 0.3) is 0 Å². The SMILES string of the molecule is CSc1ccc(C(C)=NNC(=O)c2ccncc2)cc1. The third-order valence-corrected chi connectivity index (χ3v) is 3.52. The van der Waals surface area contributed by atoms with Crippen LogP contribution >= 0.6 is 11.8 Å². The van der Waals surface area contributed by atoms with Gasteiger partial charge in [0.15, 0.2) is 0 Å². The van der Waals surface area contributed by atoms with E-state index in [1.54, 1.807) is 36.3 Å². The highest BCUT2D eigenvalue weighted by atomic mass is 32.2. The molecule has 0 atom stereocenters. The van der Waals surface area contributed by atoms with Crippen LogP contribution in [0.2, 0.25) is 0 Å². The summed E-state index contributed by atoms with van der Waals surface area (Å²) < 4.78 is 0. The Bertz CT molecular complexity index is 609. The minimum Gasteiger partial charge on any atom is -0.267 e. The number of hydrogen-bond acceptors (Lipinski definition) is 4. The zero-order chi connectivity index (χ0) is 14.4. The van der Waals surface area contributed by atoms with Gasteiger partial charge in [-0.3, -0.25) is 9.78 Å². The Balaban J connectivity index is 2.05. The van der Waals surface area contributed by atoms with Gasteiger partial charge in [-0.1, -0.05) is 12.1 Å². The molecule has 5 heteroatoms. The molecule has 0 aliphatic rings. The van der Waals surface area contributed by atoms with Crippen LogP contribution < -0.4 is 5.43 Å². The molecule has 1 N–H and O–H groups in total. The molecular formula is C15H15N3OS. The van der Waals surface area contributed by atoms with Crippen LogP contribution in [0.1, 0.15) is 22.8 Å². The van der Waals surface area contributed by atoms with Crippen molar-refractivity contribution in [1.29, 1.82) is 0 Å². The van der Waals surface area contributed by atoms with E-state index in [0.29, 0.717) is 5.56 Å². The first-order chi connectivity index (χ1) is 9.70. The molecule has 0 saturated heterocycles. The van der Waals surface area contributed by atoms with Gasteiger partial charge in [0.25, 0.3) is 5.91 Å². The molecule has 1 aromatic carbocycles. The summed E-state index contributed by atoms with van der Waals surface area (Å²) in [5.74, 6) is -0.243. The second-order valence-corrected chi connectivity index (χ2v) is 4.98. The molecule has 1 heterocycles. The van der Waals surface area contributed by atoms with Crippen molar-refractivity contribution >= 4 is 23.4 Å². The molecule has 1 aromatic heterocycles. The Kier molecular flexibility index (Phi) is 4.90. The summed E-state index contributed by atoms with van der Waals surface area (Å²) in [7, 11) is 0. The predicted octanol–water partition coefficient (Wildman–Crippen LogP) is 2.96.